The number of nitrogens with zero attached hydrogens (tertiary/aromatic N) is 2. The van der Waals surface area contributed by atoms with Crippen molar-refractivity contribution >= 4 is 34.7 Å². The number of hydrogen-bond donors (Lipinski definition) is 2. The highest BCUT2D eigenvalue weighted by Gasteiger charge is 2.08. The lowest BCUT2D eigenvalue weighted by molar-refractivity contribution is 0.102. The third-order valence-electron chi connectivity index (χ3n) is 4.48. The van der Waals surface area contributed by atoms with Gasteiger partial charge < -0.3 is 10.6 Å². The van der Waals surface area contributed by atoms with E-state index in [1.807, 2.05) is 43.3 Å². The van der Waals surface area contributed by atoms with Crippen molar-refractivity contribution in [3.63, 3.8) is 0 Å². The minimum absolute atomic E-state index is 0.205. The van der Waals surface area contributed by atoms with Gasteiger partial charge in [0.25, 0.3) is 5.91 Å². The summed E-state index contributed by atoms with van der Waals surface area (Å²) in [5.74, 6) is 0.445. The molecule has 0 atom stereocenters. The van der Waals surface area contributed by atoms with Crippen LogP contribution in [0.1, 0.15) is 15.9 Å². The van der Waals surface area contributed by atoms with Gasteiger partial charge in [0.15, 0.2) is 0 Å². The van der Waals surface area contributed by atoms with Gasteiger partial charge in [-0.25, -0.2) is 9.97 Å². The maximum Gasteiger partial charge on any atom is 0.255 e. The number of benzene rings is 3. The van der Waals surface area contributed by atoms with Crippen LogP contribution in [0.25, 0.3) is 11.3 Å². The van der Waals surface area contributed by atoms with Gasteiger partial charge in [0.1, 0.15) is 12.1 Å². The van der Waals surface area contributed by atoms with Gasteiger partial charge in [-0.3, -0.25) is 4.79 Å². The van der Waals surface area contributed by atoms with E-state index in [9.17, 15) is 4.79 Å². The van der Waals surface area contributed by atoms with E-state index in [-0.39, 0.29) is 5.91 Å². The molecule has 0 fully saturated rings. The van der Waals surface area contributed by atoms with Crippen LogP contribution >= 0.6 is 11.6 Å². The highest BCUT2D eigenvalue weighted by atomic mass is 35.5. The average Bonchev–Trinajstić information content (AvgIpc) is 2.76. The molecular formula is C24H19ClN4O. The predicted molar refractivity (Wildman–Crippen MR) is 121 cm³/mol. The molecule has 4 aromatic rings. The molecule has 0 spiro atoms. The van der Waals surface area contributed by atoms with Gasteiger partial charge in [-0.2, -0.15) is 0 Å². The largest absolute Gasteiger partial charge is 0.340 e. The molecule has 0 radical (unpaired) electrons. The van der Waals surface area contributed by atoms with Crippen molar-refractivity contribution in [1.82, 2.24) is 9.97 Å². The fraction of sp³-hybridized carbons (Fsp3) is 0.0417. The second-order valence-electron chi connectivity index (χ2n) is 6.82. The van der Waals surface area contributed by atoms with E-state index in [1.165, 1.54) is 11.9 Å². The molecule has 0 aliphatic rings. The molecule has 4 rings (SSSR count). The normalized spacial score (nSPS) is 10.5. The monoisotopic (exact) mass is 414 g/mol. The third kappa shape index (κ3) is 4.82. The molecule has 6 heteroatoms. The standard InChI is InChI=1S/C24H19ClN4O/c1-16-4-2-5-17(12-16)22-14-23(27-15-26-22)28-21-7-3-6-18(13-21)24(30)29-20-10-8-19(25)9-11-20/h2-15H,1H3,(H,29,30)(H,26,27,28). The zero-order valence-corrected chi connectivity index (χ0v) is 17.0. The molecule has 1 amide bonds. The fourth-order valence-corrected chi connectivity index (χ4v) is 3.14. The molecular weight excluding hydrogens is 396 g/mol. The average molecular weight is 415 g/mol. The topological polar surface area (TPSA) is 66.9 Å². The Labute approximate surface area is 179 Å². The summed E-state index contributed by atoms with van der Waals surface area (Å²) in [6, 6.07) is 24.2. The molecule has 0 saturated carbocycles. The highest BCUT2D eigenvalue weighted by Crippen LogP contribution is 2.23. The molecule has 0 bridgehead atoms. The third-order valence-corrected chi connectivity index (χ3v) is 4.73. The minimum atomic E-state index is -0.205. The first kappa shape index (κ1) is 19.6. The van der Waals surface area contributed by atoms with E-state index < -0.39 is 0 Å². The number of carbonyl (C=O) groups excluding carboxylic acids is 1. The van der Waals surface area contributed by atoms with Gasteiger partial charge in [0, 0.05) is 33.6 Å². The Kier molecular flexibility index (Phi) is 5.72. The van der Waals surface area contributed by atoms with E-state index >= 15 is 0 Å². The van der Waals surface area contributed by atoms with Crippen molar-refractivity contribution in [1.29, 1.82) is 0 Å². The van der Waals surface area contributed by atoms with Crippen molar-refractivity contribution < 1.29 is 4.79 Å². The first-order chi connectivity index (χ1) is 14.6. The van der Waals surface area contributed by atoms with Crippen LogP contribution in [-0.4, -0.2) is 15.9 Å². The van der Waals surface area contributed by atoms with Crippen LogP contribution in [-0.2, 0) is 0 Å². The van der Waals surface area contributed by atoms with Crippen LogP contribution in [0.5, 0.6) is 0 Å². The Bertz CT molecular complexity index is 1190. The van der Waals surface area contributed by atoms with E-state index in [2.05, 4.69) is 26.7 Å². The van der Waals surface area contributed by atoms with Gasteiger partial charge in [-0.1, -0.05) is 41.4 Å². The summed E-state index contributed by atoms with van der Waals surface area (Å²) in [7, 11) is 0. The summed E-state index contributed by atoms with van der Waals surface area (Å²) in [6.07, 6.45) is 1.52. The Morgan fingerprint density at radius 2 is 1.67 bits per heavy atom. The first-order valence-corrected chi connectivity index (χ1v) is 9.78. The Balaban J connectivity index is 1.51. The smallest absolute Gasteiger partial charge is 0.255 e. The molecule has 5 nitrogen and oxygen atoms in total. The summed E-state index contributed by atoms with van der Waals surface area (Å²) >= 11 is 5.89. The Hall–Kier alpha value is -3.70. The van der Waals surface area contributed by atoms with Crippen molar-refractivity contribution in [3.8, 4) is 11.3 Å². The van der Waals surface area contributed by atoms with Crippen LogP contribution in [0, 0.1) is 6.92 Å². The molecule has 1 heterocycles. The molecule has 0 aliphatic carbocycles. The predicted octanol–water partition coefficient (Wildman–Crippen LogP) is 6.10. The van der Waals surface area contributed by atoms with Crippen molar-refractivity contribution in [2.24, 2.45) is 0 Å². The van der Waals surface area contributed by atoms with Crippen molar-refractivity contribution in [2.45, 2.75) is 6.92 Å². The second-order valence-corrected chi connectivity index (χ2v) is 7.26. The molecule has 0 saturated heterocycles. The lowest BCUT2D eigenvalue weighted by atomic mass is 10.1. The molecule has 0 aliphatic heterocycles. The number of hydrogen-bond acceptors (Lipinski definition) is 4. The van der Waals surface area contributed by atoms with Gasteiger partial charge in [0.05, 0.1) is 5.69 Å². The van der Waals surface area contributed by atoms with Gasteiger partial charge >= 0.3 is 0 Å². The van der Waals surface area contributed by atoms with Gasteiger partial charge in [-0.05, 0) is 55.5 Å². The van der Waals surface area contributed by atoms with Crippen LogP contribution in [0.3, 0.4) is 0 Å². The molecule has 0 unspecified atom stereocenters. The summed E-state index contributed by atoms with van der Waals surface area (Å²) < 4.78 is 0. The number of anilines is 3. The van der Waals surface area contributed by atoms with E-state index in [1.54, 1.807) is 36.4 Å². The number of rotatable bonds is 5. The SMILES string of the molecule is Cc1cccc(-c2cc(Nc3cccc(C(=O)Nc4ccc(Cl)cc4)c3)ncn2)c1. The summed E-state index contributed by atoms with van der Waals surface area (Å²) in [5, 5.41) is 6.73. The quantitative estimate of drug-likeness (QED) is 0.414. The summed E-state index contributed by atoms with van der Waals surface area (Å²) in [6.45, 7) is 2.05. The fourth-order valence-electron chi connectivity index (χ4n) is 3.01. The maximum absolute atomic E-state index is 12.6. The number of halogens is 1. The summed E-state index contributed by atoms with van der Waals surface area (Å²) in [4.78, 5) is 21.2. The lowest BCUT2D eigenvalue weighted by Crippen LogP contribution is -2.12. The Morgan fingerprint density at radius 1 is 0.867 bits per heavy atom. The zero-order chi connectivity index (χ0) is 20.9. The molecule has 30 heavy (non-hydrogen) atoms. The van der Waals surface area contributed by atoms with E-state index in [4.69, 9.17) is 11.6 Å². The molecule has 3 aromatic carbocycles. The van der Waals surface area contributed by atoms with Gasteiger partial charge in [0.2, 0.25) is 0 Å². The van der Waals surface area contributed by atoms with Gasteiger partial charge in [-0.15, -0.1) is 0 Å². The van der Waals surface area contributed by atoms with Crippen molar-refractivity contribution in [2.75, 3.05) is 10.6 Å². The first-order valence-electron chi connectivity index (χ1n) is 9.40. The van der Waals surface area contributed by atoms with Crippen LogP contribution < -0.4 is 10.6 Å². The maximum atomic E-state index is 12.6. The second kappa shape index (κ2) is 8.76. The highest BCUT2D eigenvalue weighted by molar-refractivity contribution is 6.30. The summed E-state index contributed by atoms with van der Waals surface area (Å²) in [5.41, 5.74) is 4.99. The lowest BCUT2D eigenvalue weighted by Gasteiger charge is -2.10. The number of carbonyl (C=O) groups is 1. The number of aromatic nitrogens is 2. The minimum Gasteiger partial charge on any atom is -0.340 e. The number of amides is 1. The van der Waals surface area contributed by atoms with Crippen LogP contribution in [0.4, 0.5) is 17.2 Å². The van der Waals surface area contributed by atoms with Crippen LogP contribution in [0.15, 0.2) is 85.2 Å². The Morgan fingerprint density at radius 3 is 2.47 bits per heavy atom. The van der Waals surface area contributed by atoms with E-state index in [0.717, 1.165) is 16.9 Å². The number of nitrogens with one attached hydrogen (secondary N) is 2. The molecule has 1 aromatic heterocycles. The van der Waals surface area contributed by atoms with Crippen molar-refractivity contribution in [3.05, 3.63) is 101 Å². The number of aryl methyl sites for hydroxylation is 1. The zero-order valence-electron chi connectivity index (χ0n) is 16.3. The molecule has 2 N–H and O–H groups in total. The van der Waals surface area contributed by atoms with E-state index in [0.29, 0.717) is 22.1 Å². The van der Waals surface area contributed by atoms with Crippen LogP contribution in [0.2, 0.25) is 5.02 Å². The molecule has 148 valence electrons.